The molecule has 1 heterocycles. The van der Waals surface area contributed by atoms with Crippen molar-refractivity contribution in [3.63, 3.8) is 0 Å². The van der Waals surface area contributed by atoms with Crippen LogP contribution in [0.5, 0.6) is 5.75 Å². The van der Waals surface area contributed by atoms with Crippen LogP contribution < -0.4 is 4.74 Å². The highest BCUT2D eigenvalue weighted by Gasteiger charge is 2.14. The Morgan fingerprint density at radius 1 is 1.26 bits per heavy atom. The van der Waals surface area contributed by atoms with E-state index < -0.39 is 0 Å². The summed E-state index contributed by atoms with van der Waals surface area (Å²) >= 11 is 0. The Labute approximate surface area is 137 Å². The van der Waals surface area contributed by atoms with Crippen LogP contribution in [-0.2, 0) is 23.0 Å². The van der Waals surface area contributed by atoms with Gasteiger partial charge in [-0.2, -0.15) is 0 Å². The topological polar surface area (TPSA) is 40.5 Å². The number of carbonyl (C=O) groups excluding carboxylic acids is 1. The normalized spacial score (nSPS) is 11.3. The van der Waals surface area contributed by atoms with Crippen LogP contribution in [0.25, 0.3) is 17.0 Å². The van der Waals surface area contributed by atoms with Gasteiger partial charge in [0.25, 0.3) is 0 Å². The Balaban J connectivity index is 2.51. The molecule has 0 unspecified atom stereocenters. The molecule has 0 atom stereocenters. The lowest BCUT2D eigenvalue weighted by Crippen LogP contribution is -1.97. The third kappa shape index (κ3) is 3.76. The van der Waals surface area contributed by atoms with Crippen molar-refractivity contribution in [3.05, 3.63) is 35.5 Å². The van der Waals surface area contributed by atoms with Gasteiger partial charge in [0, 0.05) is 30.3 Å². The molecule has 0 radical (unpaired) electrons. The van der Waals surface area contributed by atoms with Crippen molar-refractivity contribution in [1.82, 2.24) is 4.57 Å². The summed E-state index contributed by atoms with van der Waals surface area (Å²) in [5, 5.41) is 1.22. The maximum absolute atomic E-state index is 11.4. The Kier molecular flexibility index (Phi) is 5.85. The minimum absolute atomic E-state index is 0.340. The van der Waals surface area contributed by atoms with Crippen LogP contribution in [0, 0.1) is 0 Å². The van der Waals surface area contributed by atoms with Gasteiger partial charge in [-0.05, 0) is 36.6 Å². The van der Waals surface area contributed by atoms with Gasteiger partial charge in [-0.25, -0.2) is 4.79 Å². The van der Waals surface area contributed by atoms with Gasteiger partial charge >= 0.3 is 5.97 Å². The summed E-state index contributed by atoms with van der Waals surface area (Å²) in [6, 6.07) is 6.12. The summed E-state index contributed by atoms with van der Waals surface area (Å²) in [5.41, 5.74) is 3.44. The zero-order valence-electron chi connectivity index (χ0n) is 14.4. The van der Waals surface area contributed by atoms with Crippen molar-refractivity contribution in [1.29, 1.82) is 0 Å². The zero-order valence-corrected chi connectivity index (χ0v) is 14.4. The molecule has 0 aliphatic carbocycles. The summed E-state index contributed by atoms with van der Waals surface area (Å²) in [7, 11) is 5.08. The molecule has 4 nitrogen and oxygen atoms in total. The van der Waals surface area contributed by atoms with Crippen LogP contribution in [-0.4, -0.2) is 24.8 Å². The van der Waals surface area contributed by atoms with E-state index in [1.165, 1.54) is 37.0 Å². The second-order valence-electron chi connectivity index (χ2n) is 5.62. The van der Waals surface area contributed by atoms with Gasteiger partial charge in [-0.1, -0.05) is 19.8 Å². The Hall–Kier alpha value is -2.23. The Morgan fingerprint density at radius 2 is 2.04 bits per heavy atom. The van der Waals surface area contributed by atoms with Crippen LogP contribution >= 0.6 is 0 Å². The number of unbranched alkanes of at least 4 members (excludes halogenated alkanes) is 2. The van der Waals surface area contributed by atoms with Gasteiger partial charge in [0.2, 0.25) is 0 Å². The molecule has 1 aromatic heterocycles. The number of aryl methyl sites for hydroxylation is 2. The molecule has 0 spiro atoms. The van der Waals surface area contributed by atoms with Crippen LogP contribution in [0.2, 0.25) is 0 Å². The molecular weight excluding hydrogens is 290 g/mol. The number of nitrogens with zero attached hydrogens (tertiary/aromatic N) is 1. The second-order valence-corrected chi connectivity index (χ2v) is 5.62. The molecule has 124 valence electrons. The minimum Gasteiger partial charge on any atom is -0.497 e. The largest absolute Gasteiger partial charge is 0.497 e. The standard InChI is InChI=1S/C19H25NO3/c1-5-6-7-8-15-16-10-9-14(22-3)13-18(16)20(2)17(15)11-12-19(21)23-4/h9-13H,5-8H2,1-4H3/b12-11+. The second kappa shape index (κ2) is 7.86. The summed E-state index contributed by atoms with van der Waals surface area (Å²) < 4.78 is 12.2. The number of benzene rings is 1. The van der Waals surface area contributed by atoms with Crippen molar-refractivity contribution in [2.24, 2.45) is 7.05 Å². The van der Waals surface area contributed by atoms with Gasteiger partial charge in [0.1, 0.15) is 5.75 Å². The van der Waals surface area contributed by atoms with Crippen LogP contribution in [0.4, 0.5) is 0 Å². The summed E-state index contributed by atoms with van der Waals surface area (Å²) in [5.74, 6) is 0.494. The first-order valence-electron chi connectivity index (χ1n) is 8.03. The molecule has 0 bridgehead atoms. The molecule has 0 N–H and O–H groups in total. The van der Waals surface area contributed by atoms with Crippen molar-refractivity contribution in [2.75, 3.05) is 14.2 Å². The van der Waals surface area contributed by atoms with Gasteiger partial charge in [0.15, 0.2) is 0 Å². The Morgan fingerprint density at radius 3 is 2.70 bits per heavy atom. The highest BCUT2D eigenvalue weighted by atomic mass is 16.5. The SMILES string of the molecule is CCCCCc1c(/C=C/C(=O)OC)n(C)c2cc(OC)ccc12. The smallest absolute Gasteiger partial charge is 0.330 e. The maximum Gasteiger partial charge on any atom is 0.330 e. The molecule has 2 aromatic rings. The third-order valence-corrected chi connectivity index (χ3v) is 4.17. The third-order valence-electron chi connectivity index (χ3n) is 4.17. The van der Waals surface area contributed by atoms with Crippen LogP contribution in [0.1, 0.15) is 37.4 Å². The lowest BCUT2D eigenvalue weighted by molar-refractivity contribution is -0.134. The first-order chi connectivity index (χ1) is 11.1. The summed E-state index contributed by atoms with van der Waals surface area (Å²) in [4.78, 5) is 11.4. The number of hydrogen-bond donors (Lipinski definition) is 0. The average Bonchev–Trinajstić information content (AvgIpc) is 2.84. The fourth-order valence-electron chi connectivity index (χ4n) is 2.88. The molecule has 0 amide bonds. The van der Waals surface area contributed by atoms with E-state index in [1.54, 1.807) is 7.11 Å². The molecular formula is C19H25NO3. The number of carbonyl (C=O) groups is 1. The molecule has 1 aromatic carbocycles. The number of ether oxygens (including phenoxy) is 2. The number of aromatic nitrogens is 1. The van der Waals surface area contributed by atoms with Crippen molar-refractivity contribution in [3.8, 4) is 5.75 Å². The van der Waals surface area contributed by atoms with Crippen LogP contribution in [0.3, 0.4) is 0 Å². The molecule has 4 heteroatoms. The minimum atomic E-state index is -0.340. The highest BCUT2D eigenvalue weighted by molar-refractivity contribution is 5.92. The molecule has 0 fully saturated rings. The van der Waals surface area contributed by atoms with Crippen molar-refractivity contribution >= 4 is 22.9 Å². The monoisotopic (exact) mass is 315 g/mol. The van der Waals surface area contributed by atoms with E-state index in [9.17, 15) is 4.79 Å². The first-order valence-corrected chi connectivity index (χ1v) is 8.03. The molecule has 0 saturated carbocycles. The van der Waals surface area contributed by atoms with Gasteiger partial charge in [0.05, 0.1) is 19.7 Å². The maximum atomic E-state index is 11.4. The number of fused-ring (bicyclic) bond motifs is 1. The fourth-order valence-corrected chi connectivity index (χ4v) is 2.88. The quantitative estimate of drug-likeness (QED) is 0.439. The number of rotatable bonds is 7. The van der Waals surface area contributed by atoms with Gasteiger partial charge in [-0.15, -0.1) is 0 Å². The van der Waals surface area contributed by atoms with Gasteiger partial charge in [-0.3, -0.25) is 0 Å². The molecule has 0 saturated heterocycles. The summed E-state index contributed by atoms with van der Waals surface area (Å²) in [6.45, 7) is 2.20. The van der Waals surface area contributed by atoms with E-state index in [4.69, 9.17) is 9.47 Å². The lowest BCUT2D eigenvalue weighted by Gasteiger charge is -2.03. The summed E-state index contributed by atoms with van der Waals surface area (Å²) in [6.07, 6.45) is 7.85. The van der Waals surface area contributed by atoms with Crippen LogP contribution in [0.15, 0.2) is 24.3 Å². The molecule has 0 aliphatic rings. The average molecular weight is 315 g/mol. The highest BCUT2D eigenvalue weighted by Crippen LogP contribution is 2.30. The molecule has 0 aliphatic heterocycles. The predicted octanol–water partition coefficient (Wildman–Crippen LogP) is 4.11. The van der Waals surface area contributed by atoms with Gasteiger partial charge < -0.3 is 14.0 Å². The van der Waals surface area contributed by atoms with E-state index in [0.717, 1.165) is 29.8 Å². The van der Waals surface area contributed by atoms with E-state index in [-0.39, 0.29) is 5.97 Å². The van der Waals surface area contributed by atoms with E-state index in [0.29, 0.717) is 0 Å². The first kappa shape index (κ1) is 17.1. The molecule has 23 heavy (non-hydrogen) atoms. The van der Waals surface area contributed by atoms with Crippen molar-refractivity contribution < 1.29 is 14.3 Å². The van der Waals surface area contributed by atoms with Crippen molar-refractivity contribution in [2.45, 2.75) is 32.6 Å². The molecule has 2 rings (SSSR count). The number of hydrogen-bond acceptors (Lipinski definition) is 3. The number of esters is 1. The van der Waals surface area contributed by atoms with E-state index in [2.05, 4.69) is 17.6 Å². The van der Waals surface area contributed by atoms with E-state index in [1.807, 2.05) is 25.3 Å². The predicted molar refractivity (Wildman–Crippen MR) is 93.8 cm³/mol. The lowest BCUT2D eigenvalue weighted by atomic mass is 10.0. The van der Waals surface area contributed by atoms with E-state index >= 15 is 0 Å². The fraction of sp³-hybridized carbons (Fsp3) is 0.421. The number of methoxy groups -OCH3 is 2. The Bertz CT molecular complexity index is 713. The zero-order chi connectivity index (χ0) is 16.8.